The van der Waals surface area contributed by atoms with Gasteiger partial charge in [-0.15, -0.1) is 12.3 Å². The van der Waals surface area contributed by atoms with E-state index in [9.17, 15) is 0 Å². The summed E-state index contributed by atoms with van der Waals surface area (Å²) in [6.45, 7) is 0. The predicted octanol–water partition coefficient (Wildman–Crippen LogP) is 1.36. The molecule has 0 aliphatic rings. The summed E-state index contributed by atoms with van der Waals surface area (Å²) in [5.74, 6) is 2.59. The van der Waals surface area contributed by atoms with Crippen molar-refractivity contribution >= 4 is 0 Å². The van der Waals surface area contributed by atoms with E-state index < -0.39 is 0 Å². The van der Waals surface area contributed by atoms with Crippen LogP contribution in [-0.4, -0.2) is 11.0 Å². The van der Waals surface area contributed by atoms with Crippen molar-refractivity contribution in [2.24, 2.45) is 5.73 Å². The lowest BCUT2D eigenvalue weighted by atomic mass is 10.0. The van der Waals surface area contributed by atoms with Crippen LogP contribution in [-0.2, 0) is 6.42 Å². The third-order valence-corrected chi connectivity index (χ3v) is 1.91. The van der Waals surface area contributed by atoms with Gasteiger partial charge in [-0.25, -0.2) is 0 Å². The van der Waals surface area contributed by atoms with Crippen LogP contribution < -0.4 is 5.73 Å². The van der Waals surface area contributed by atoms with Crippen LogP contribution in [0.1, 0.15) is 18.4 Å². The van der Waals surface area contributed by atoms with Crippen molar-refractivity contribution < 1.29 is 0 Å². The van der Waals surface area contributed by atoms with E-state index in [1.807, 2.05) is 12.1 Å². The number of hydrogen-bond acceptors (Lipinski definition) is 2. The molecule has 2 nitrogen and oxygen atoms in total. The fraction of sp³-hybridized carbons (Fsp3) is 0.364. The van der Waals surface area contributed by atoms with Gasteiger partial charge < -0.3 is 5.73 Å². The summed E-state index contributed by atoms with van der Waals surface area (Å²) < 4.78 is 0. The summed E-state index contributed by atoms with van der Waals surface area (Å²) in [5, 5.41) is 0. The molecule has 0 aromatic carbocycles. The van der Waals surface area contributed by atoms with E-state index in [4.69, 9.17) is 12.2 Å². The Morgan fingerprint density at radius 2 is 2.15 bits per heavy atom. The highest BCUT2D eigenvalue weighted by Crippen LogP contribution is 2.03. The maximum absolute atomic E-state index is 5.88. The second-order valence-corrected chi connectivity index (χ2v) is 3.06. The molecule has 1 unspecified atom stereocenters. The van der Waals surface area contributed by atoms with Gasteiger partial charge in [-0.1, -0.05) is 0 Å². The fourth-order valence-electron chi connectivity index (χ4n) is 1.19. The Morgan fingerprint density at radius 1 is 1.46 bits per heavy atom. The van der Waals surface area contributed by atoms with Gasteiger partial charge >= 0.3 is 0 Å². The molecule has 0 aliphatic heterocycles. The molecule has 13 heavy (non-hydrogen) atoms. The average molecular weight is 174 g/mol. The first-order chi connectivity index (χ1) is 6.33. The zero-order valence-corrected chi connectivity index (χ0v) is 7.61. The first-order valence-corrected chi connectivity index (χ1v) is 4.41. The number of terminal acetylenes is 1. The van der Waals surface area contributed by atoms with Crippen molar-refractivity contribution in [2.45, 2.75) is 25.3 Å². The van der Waals surface area contributed by atoms with E-state index >= 15 is 0 Å². The second-order valence-electron chi connectivity index (χ2n) is 3.06. The van der Waals surface area contributed by atoms with Gasteiger partial charge in [-0.3, -0.25) is 4.98 Å². The molecular formula is C11H14N2. The lowest BCUT2D eigenvalue weighted by Crippen LogP contribution is -2.22. The molecule has 0 saturated carbocycles. The Morgan fingerprint density at radius 3 is 2.77 bits per heavy atom. The van der Waals surface area contributed by atoms with Crippen LogP contribution in [0.5, 0.6) is 0 Å². The summed E-state index contributed by atoms with van der Waals surface area (Å²) in [6.07, 6.45) is 11.2. The van der Waals surface area contributed by atoms with Gasteiger partial charge in [0.15, 0.2) is 0 Å². The monoisotopic (exact) mass is 174 g/mol. The van der Waals surface area contributed by atoms with Gasteiger partial charge in [0.25, 0.3) is 0 Å². The topological polar surface area (TPSA) is 38.9 Å². The summed E-state index contributed by atoms with van der Waals surface area (Å²) >= 11 is 0. The van der Waals surface area contributed by atoms with Crippen LogP contribution in [0.25, 0.3) is 0 Å². The quantitative estimate of drug-likeness (QED) is 0.700. The summed E-state index contributed by atoms with van der Waals surface area (Å²) in [4.78, 5) is 3.94. The molecule has 0 saturated heterocycles. The van der Waals surface area contributed by atoms with E-state index in [1.165, 1.54) is 5.56 Å². The van der Waals surface area contributed by atoms with Crippen LogP contribution >= 0.6 is 0 Å². The highest BCUT2D eigenvalue weighted by molar-refractivity contribution is 5.11. The van der Waals surface area contributed by atoms with Gasteiger partial charge in [0.1, 0.15) is 0 Å². The third kappa shape index (κ3) is 3.73. The van der Waals surface area contributed by atoms with E-state index in [0.717, 1.165) is 19.3 Å². The molecule has 1 atom stereocenters. The highest BCUT2D eigenvalue weighted by atomic mass is 14.6. The lowest BCUT2D eigenvalue weighted by molar-refractivity contribution is 0.622. The molecule has 0 fully saturated rings. The molecule has 0 amide bonds. The number of nitrogens with two attached hydrogens (primary N) is 1. The SMILES string of the molecule is C#CCCC(N)Cc1ccncc1. The Hall–Kier alpha value is -1.33. The maximum atomic E-state index is 5.88. The fourth-order valence-corrected chi connectivity index (χ4v) is 1.19. The van der Waals surface area contributed by atoms with Crippen molar-refractivity contribution in [2.75, 3.05) is 0 Å². The maximum Gasteiger partial charge on any atom is 0.0270 e. The average Bonchev–Trinajstić information content (AvgIpc) is 2.16. The Labute approximate surface area is 79.2 Å². The Kier molecular flexibility index (Phi) is 4.01. The van der Waals surface area contributed by atoms with Gasteiger partial charge in [0.05, 0.1) is 0 Å². The van der Waals surface area contributed by atoms with Crippen LogP contribution in [0, 0.1) is 12.3 Å². The zero-order chi connectivity index (χ0) is 9.52. The van der Waals surface area contributed by atoms with E-state index in [1.54, 1.807) is 12.4 Å². The largest absolute Gasteiger partial charge is 0.327 e. The van der Waals surface area contributed by atoms with Gasteiger partial charge in [-0.2, -0.15) is 0 Å². The molecule has 0 spiro atoms. The second kappa shape index (κ2) is 5.34. The van der Waals surface area contributed by atoms with E-state index in [0.29, 0.717) is 0 Å². The van der Waals surface area contributed by atoms with E-state index in [-0.39, 0.29) is 6.04 Å². The minimum atomic E-state index is 0.165. The summed E-state index contributed by atoms with van der Waals surface area (Å²) in [5.41, 5.74) is 7.10. The summed E-state index contributed by atoms with van der Waals surface area (Å²) in [6, 6.07) is 4.13. The normalized spacial score (nSPS) is 12.0. The van der Waals surface area contributed by atoms with Crippen LogP contribution in [0.3, 0.4) is 0 Å². The van der Waals surface area contributed by atoms with Gasteiger partial charge in [0.2, 0.25) is 0 Å². The minimum absolute atomic E-state index is 0.165. The molecule has 0 bridgehead atoms. The van der Waals surface area contributed by atoms with Crippen molar-refractivity contribution in [1.29, 1.82) is 0 Å². The molecule has 2 heteroatoms. The molecule has 1 heterocycles. The number of nitrogens with zero attached hydrogens (tertiary/aromatic N) is 1. The standard InChI is InChI=1S/C11H14N2/c1-2-3-4-11(12)9-10-5-7-13-8-6-10/h1,5-8,11H,3-4,9,12H2. The summed E-state index contributed by atoms with van der Waals surface area (Å²) in [7, 11) is 0. The number of hydrogen-bond donors (Lipinski definition) is 1. The number of pyridine rings is 1. The number of rotatable bonds is 4. The third-order valence-electron chi connectivity index (χ3n) is 1.91. The molecular weight excluding hydrogens is 160 g/mol. The van der Waals surface area contributed by atoms with Crippen LogP contribution in [0.15, 0.2) is 24.5 Å². The molecule has 0 radical (unpaired) electrons. The Bertz CT molecular complexity index is 274. The first kappa shape index (κ1) is 9.76. The molecule has 0 aliphatic carbocycles. The smallest absolute Gasteiger partial charge is 0.0270 e. The molecule has 1 aromatic rings. The number of aromatic nitrogens is 1. The van der Waals surface area contributed by atoms with E-state index in [2.05, 4.69) is 10.9 Å². The molecule has 2 N–H and O–H groups in total. The van der Waals surface area contributed by atoms with Crippen molar-refractivity contribution in [3.63, 3.8) is 0 Å². The lowest BCUT2D eigenvalue weighted by Gasteiger charge is -2.08. The molecule has 68 valence electrons. The van der Waals surface area contributed by atoms with Crippen molar-refractivity contribution in [1.82, 2.24) is 4.98 Å². The van der Waals surface area contributed by atoms with Crippen LogP contribution in [0.2, 0.25) is 0 Å². The highest BCUT2D eigenvalue weighted by Gasteiger charge is 2.02. The first-order valence-electron chi connectivity index (χ1n) is 4.41. The van der Waals surface area contributed by atoms with Gasteiger partial charge in [-0.05, 0) is 30.5 Å². The van der Waals surface area contributed by atoms with Crippen LogP contribution in [0.4, 0.5) is 0 Å². The van der Waals surface area contributed by atoms with Crippen molar-refractivity contribution in [3.8, 4) is 12.3 Å². The van der Waals surface area contributed by atoms with Crippen molar-refractivity contribution in [3.05, 3.63) is 30.1 Å². The van der Waals surface area contributed by atoms with Gasteiger partial charge in [0, 0.05) is 24.9 Å². The predicted molar refractivity (Wildman–Crippen MR) is 54.0 cm³/mol. The Balaban J connectivity index is 2.37. The minimum Gasteiger partial charge on any atom is -0.327 e. The zero-order valence-electron chi connectivity index (χ0n) is 7.61. The molecule has 1 aromatic heterocycles. The molecule has 1 rings (SSSR count).